The van der Waals surface area contributed by atoms with E-state index in [1.54, 1.807) is 49.4 Å². The molecule has 7 heteroatoms. The molecule has 1 aromatic heterocycles. The number of ether oxygens (including phenoxy) is 1. The van der Waals surface area contributed by atoms with E-state index in [0.29, 0.717) is 34.8 Å². The van der Waals surface area contributed by atoms with Gasteiger partial charge in [0.05, 0.1) is 11.4 Å². The predicted molar refractivity (Wildman–Crippen MR) is 126 cm³/mol. The Balaban J connectivity index is 1.47. The summed E-state index contributed by atoms with van der Waals surface area (Å²) in [5.41, 5.74) is 3.71. The van der Waals surface area contributed by atoms with Crippen LogP contribution in [0.3, 0.4) is 0 Å². The first kappa shape index (κ1) is 21.8. The van der Waals surface area contributed by atoms with Crippen molar-refractivity contribution in [2.45, 2.75) is 13.5 Å². The van der Waals surface area contributed by atoms with Gasteiger partial charge in [0.1, 0.15) is 11.5 Å². The Morgan fingerprint density at radius 2 is 1.82 bits per heavy atom. The number of aromatic hydroxyl groups is 1. The van der Waals surface area contributed by atoms with Crippen LogP contribution >= 0.6 is 0 Å². The Hall–Kier alpha value is -4.39. The molecule has 1 amide bonds. The number of phenols is 1. The molecule has 7 nitrogen and oxygen atoms in total. The molecule has 0 aliphatic carbocycles. The number of nitrogens with zero attached hydrogens (tertiary/aromatic N) is 1. The fourth-order valence-corrected chi connectivity index (χ4v) is 3.33. The fraction of sp³-hybridized carbons (Fsp3) is 0.115. The van der Waals surface area contributed by atoms with Crippen LogP contribution in [0.25, 0.3) is 22.5 Å². The smallest absolute Gasteiger partial charge is 0.345 e. The van der Waals surface area contributed by atoms with Crippen LogP contribution in [0.4, 0.5) is 0 Å². The number of H-pyrrole nitrogens is 1. The molecule has 0 saturated heterocycles. The molecule has 1 heterocycles. The largest absolute Gasteiger partial charge is 0.508 e. The van der Waals surface area contributed by atoms with Crippen LogP contribution in [0.2, 0.25) is 0 Å². The first-order chi connectivity index (χ1) is 16.0. The lowest BCUT2D eigenvalue weighted by molar-refractivity contribution is -0.123. The molecule has 166 valence electrons. The molecule has 0 aliphatic rings. The molecule has 0 radical (unpaired) electrons. The molecule has 0 aliphatic heterocycles. The van der Waals surface area contributed by atoms with E-state index in [2.05, 4.69) is 15.3 Å². The Kier molecular flexibility index (Phi) is 6.50. The molecule has 4 aromatic rings. The number of phenolic OH excluding ortho intramolecular Hbond substituents is 1. The molecule has 33 heavy (non-hydrogen) atoms. The van der Waals surface area contributed by atoms with Gasteiger partial charge in [-0.15, -0.1) is 0 Å². The summed E-state index contributed by atoms with van der Waals surface area (Å²) in [7, 11) is 0. The highest BCUT2D eigenvalue weighted by Crippen LogP contribution is 2.27. The lowest BCUT2D eigenvalue weighted by atomic mass is 10.1. The summed E-state index contributed by atoms with van der Waals surface area (Å²) < 4.78 is 5.64. The van der Waals surface area contributed by atoms with E-state index in [9.17, 15) is 14.7 Å². The van der Waals surface area contributed by atoms with E-state index in [1.807, 2.05) is 36.4 Å². The SMILES string of the molecule is Cc1cc(-c2cc(-c3cccc(OCC(=O)NCc4ccccc4)c3)[nH]c(=O)n2)ccc1O. The fourth-order valence-electron chi connectivity index (χ4n) is 3.33. The second-order valence-corrected chi connectivity index (χ2v) is 7.57. The number of benzene rings is 3. The molecule has 4 rings (SSSR count). The van der Waals surface area contributed by atoms with Gasteiger partial charge in [0.2, 0.25) is 0 Å². The van der Waals surface area contributed by atoms with Gasteiger partial charge in [-0.3, -0.25) is 4.79 Å². The molecule has 0 unspecified atom stereocenters. The second kappa shape index (κ2) is 9.82. The summed E-state index contributed by atoms with van der Waals surface area (Å²) in [6.07, 6.45) is 0. The maximum atomic E-state index is 12.2. The zero-order valence-electron chi connectivity index (χ0n) is 18.0. The minimum Gasteiger partial charge on any atom is -0.508 e. The van der Waals surface area contributed by atoms with Crippen molar-refractivity contribution in [2.75, 3.05) is 6.61 Å². The normalized spacial score (nSPS) is 10.6. The maximum absolute atomic E-state index is 12.2. The van der Waals surface area contributed by atoms with Gasteiger partial charge in [0, 0.05) is 17.7 Å². The van der Waals surface area contributed by atoms with Gasteiger partial charge in [-0.1, -0.05) is 42.5 Å². The van der Waals surface area contributed by atoms with Crippen LogP contribution < -0.4 is 15.7 Å². The van der Waals surface area contributed by atoms with Crippen molar-refractivity contribution in [1.82, 2.24) is 15.3 Å². The Morgan fingerprint density at radius 3 is 2.61 bits per heavy atom. The Labute approximate surface area is 190 Å². The minimum atomic E-state index is -0.486. The molecule has 0 bridgehead atoms. The third-order valence-electron chi connectivity index (χ3n) is 5.08. The standard InChI is InChI=1S/C26H23N3O4/c1-17-12-20(10-11-24(17)30)23-14-22(28-26(32)29-23)19-8-5-9-21(13-19)33-16-25(31)27-15-18-6-3-2-4-7-18/h2-14,30H,15-16H2,1H3,(H,27,31)(H,28,29,32). The number of aromatic nitrogens is 2. The van der Waals surface area contributed by atoms with Crippen LogP contribution in [0, 0.1) is 6.92 Å². The van der Waals surface area contributed by atoms with E-state index >= 15 is 0 Å². The van der Waals surface area contributed by atoms with Gasteiger partial charge in [0.15, 0.2) is 6.61 Å². The highest BCUT2D eigenvalue weighted by molar-refractivity contribution is 5.77. The van der Waals surface area contributed by atoms with E-state index in [1.165, 1.54) is 0 Å². The lowest BCUT2D eigenvalue weighted by Gasteiger charge is -2.10. The Bertz CT molecular complexity index is 1330. The lowest BCUT2D eigenvalue weighted by Crippen LogP contribution is -2.28. The van der Waals surface area contributed by atoms with Gasteiger partial charge in [-0.2, -0.15) is 4.98 Å². The number of nitrogens with one attached hydrogen (secondary N) is 2. The summed E-state index contributed by atoms with van der Waals surface area (Å²) in [5.74, 6) is 0.454. The highest BCUT2D eigenvalue weighted by atomic mass is 16.5. The molecule has 0 spiro atoms. The average Bonchev–Trinajstić information content (AvgIpc) is 2.83. The average molecular weight is 441 g/mol. The van der Waals surface area contributed by atoms with Crippen LogP contribution in [-0.4, -0.2) is 27.6 Å². The van der Waals surface area contributed by atoms with E-state index in [-0.39, 0.29) is 18.3 Å². The zero-order chi connectivity index (χ0) is 23.2. The Morgan fingerprint density at radius 1 is 1.00 bits per heavy atom. The predicted octanol–water partition coefficient (Wildman–Crippen LogP) is 3.81. The number of amides is 1. The monoisotopic (exact) mass is 441 g/mol. The summed E-state index contributed by atoms with van der Waals surface area (Å²) in [6.45, 7) is 2.09. The van der Waals surface area contributed by atoms with E-state index in [0.717, 1.165) is 11.1 Å². The number of carbonyl (C=O) groups is 1. The maximum Gasteiger partial charge on any atom is 0.345 e. The van der Waals surface area contributed by atoms with Crippen molar-refractivity contribution in [2.24, 2.45) is 0 Å². The van der Waals surface area contributed by atoms with E-state index in [4.69, 9.17) is 4.74 Å². The number of rotatable bonds is 7. The highest BCUT2D eigenvalue weighted by Gasteiger charge is 2.09. The van der Waals surface area contributed by atoms with Crippen molar-refractivity contribution < 1.29 is 14.6 Å². The molecule has 3 N–H and O–H groups in total. The van der Waals surface area contributed by atoms with E-state index < -0.39 is 5.69 Å². The minimum absolute atomic E-state index is 0.124. The molecule has 0 fully saturated rings. The summed E-state index contributed by atoms with van der Waals surface area (Å²) in [5, 5.41) is 12.6. The number of aromatic amines is 1. The summed E-state index contributed by atoms with van der Waals surface area (Å²) in [4.78, 5) is 31.1. The van der Waals surface area contributed by atoms with Crippen molar-refractivity contribution in [1.29, 1.82) is 0 Å². The van der Waals surface area contributed by atoms with Crippen LogP contribution in [-0.2, 0) is 11.3 Å². The topological polar surface area (TPSA) is 104 Å². The zero-order valence-corrected chi connectivity index (χ0v) is 18.0. The van der Waals surface area contributed by atoms with Gasteiger partial charge >= 0.3 is 5.69 Å². The van der Waals surface area contributed by atoms with Crippen molar-refractivity contribution >= 4 is 5.91 Å². The molecular weight excluding hydrogens is 418 g/mol. The number of hydrogen-bond acceptors (Lipinski definition) is 5. The first-order valence-electron chi connectivity index (χ1n) is 10.4. The van der Waals surface area contributed by atoms with Gasteiger partial charge in [0.25, 0.3) is 5.91 Å². The third kappa shape index (κ3) is 5.65. The number of aryl methyl sites for hydroxylation is 1. The number of carbonyl (C=O) groups excluding carboxylic acids is 1. The van der Waals surface area contributed by atoms with Crippen LogP contribution in [0.15, 0.2) is 83.7 Å². The third-order valence-corrected chi connectivity index (χ3v) is 5.08. The molecule has 0 atom stereocenters. The molecular formula is C26H23N3O4. The van der Waals surface area contributed by atoms with Crippen molar-refractivity contribution in [3.05, 3.63) is 100 Å². The van der Waals surface area contributed by atoms with Crippen LogP contribution in [0.1, 0.15) is 11.1 Å². The number of hydrogen-bond donors (Lipinski definition) is 3. The van der Waals surface area contributed by atoms with Crippen molar-refractivity contribution in [3.63, 3.8) is 0 Å². The van der Waals surface area contributed by atoms with Gasteiger partial charge < -0.3 is 20.1 Å². The first-order valence-corrected chi connectivity index (χ1v) is 10.4. The second-order valence-electron chi connectivity index (χ2n) is 7.57. The summed E-state index contributed by atoms with van der Waals surface area (Å²) >= 11 is 0. The molecule has 0 saturated carbocycles. The van der Waals surface area contributed by atoms with Crippen LogP contribution in [0.5, 0.6) is 11.5 Å². The van der Waals surface area contributed by atoms with Crippen molar-refractivity contribution in [3.8, 4) is 34.0 Å². The van der Waals surface area contributed by atoms with Gasteiger partial charge in [-0.05, 0) is 54.4 Å². The quantitative estimate of drug-likeness (QED) is 0.405. The van der Waals surface area contributed by atoms with Gasteiger partial charge in [-0.25, -0.2) is 4.79 Å². The summed E-state index contributed by atoms with van der Waals surface area (Å²) in [6, 6.07) is 23.6. The molecule has 3 aromatic carbocycles.